The van der Waals surface area contributed by atoms with Crippen molar-refractivity contribution in [3.63, 3.8) is 0 Å². The maximum Gasteiger partial charge on any atom is 0.0587 e. The van der Waals surface area contributed by atoms with Gasteiger partial charge in [-0.25, -0.2) is 0 Å². The minimum atomic E-state index is 0.473. The minimum Gasteiger partial charge on any atom is -0.383 e. The lowest BCUT2D eigenvalue weighted by atomic mass is 9.96. The standard InChI is InChI=1S/C15H24BrNO2/c1-3-19-9-7-14(12-17-8-10-18-2)13-5-4-6-15(16)11-13/h4-6,11,14,17H,3,7-10,12H2,1-2H3. The summed E-state index contributed by atoms with van der Waals surface area (Å²) >= 11 is 3.53. The highest BCUT2D eigenvalue weighted by molar-refractivity contribution is 9.10. The number of rotatable bonds is 10. The molecule has 1 unspecified atom stereocenters. The smallest absolute Gasteiger partial charge is 0.0587 e. The van der Waals surface area contributed by atoms with Crippen molar-refractivity contribution in [3.05, 3.63) is 34.3 Å². The molecule has 0 fully saturated rings. The predicted molar refractivity (Wildman–Crippen MR) is 82.7 cm³/mol. The molecule has 0 radical (unpaired) electrons. The molecule has 19 heavy (non-hydrogen) atoms. The second kappa shape index (κ2) is 10.4. The second-order valence-corrected chi connectivity index (χ2v) is 5.35. The maximum atomic E-state index is 5.48. The quantitative estimate of drug-likeness (QED) is 0.669. The summed E-state index contributed by atoms with van der Waals surface area (Å²) in [5.74, 6) is 0.473. The van der Waals surface area contributed by atoms with Crippen LogP contribution in [0.25, 0.3) is 0 Å². The Morgan fingerprint density at radius 3 is 2.84 bits per heavy atom. The van der Waals surface area contributed by atoms with Crippen LogP contribution in [0.15, 0.2) is 28.7 Å². The van der Waals surface area contributed by atoms with E-state index in [1.54, 1.807) is 7.11 Å². The van der Waals surface area contributed by atoms with E-state index in [2.05, 4.69) is 45.5 Å². The van der Waals surface area contributed by atoms with Crippen LogP contribution in [0.3, 0.4) is 0 Å². The van der Waals surface area contributed by atoms with Crippen molar-refractivity contribution in [1.82, 2.24) is 5.32 Å². The van der Waals surface area contributed by atoms with Crippen LogP contribution < -0.4 is 5.32 Å². The van der Waals surface area contributed by atoms with Gasteiger partial charge in [0.25, 0.3) is 0 Å². The van der Waals surface area contributed by atoms with Gasteiger partial charge < -0.3 is 14.8 Å². The SMILES string of the molecule is CCOCCC(CNCCOC)c1cccc(Br)c1. The van der Waals surface area contributed by atoms with E-state index >= 15 is 0 Å². The number of nitrogens with one attached hydrogen (secondary N) is 1. The molecule has 0 heterocycles. The summed E-state index contributed by atoms with van der Waals surface area (Å²) in [5.41, 5.74) is 1.35. The minimum absolute atomic E-state index is 0.473. The molecule has 0 spiro atoms. The fourth-order valence-electron chi connectivity index (χ4n) is 1.97. The van der Waals surface area contributed by atoms with E-state index < -0.39 is 0 Å². The molecule has 1 rings (SSSR count). The number of hydrogen-bond acceptors (Lipinski definition) is 3. The fraction of sp³-hybridized carbons (Fsp3) is 0.600. The highest BCUT2D eigenvalue weighted by atomic mass is 79.9. The molecular formula is C15H24BrNO2. The molecule has 0 aliphatic heterocycles. The van der Waals surface area contributed by atoms with Gasteiger partial charge in [0.2, 0.25) is 0 Å². The van der Waals surface area contributed by atoms with Crippen LogP contribution in [0, 0.1) is 0 Å². The van der Waals surface area contributed by atoms with E-state index in [0.717, 1.165) is 43.8 Å². The first-order valence-corrected chi connectivity index (χ1v) is 7.60. The van der Waals surface area contributed by atoms with E-state index in [-0.39, 0.29) is 0 Å². The lowest BCUT2D eigenvalue weighted by Gasteiger charge is -2.18. The van der Waals surface area contributed by atoms with Crippen LogP contribution in [0.2, 0.25) is 0 Å². The topological polar surface area (TPSA) is 30.5 Å². The summed E-state index contributed by atoms with van der Waals surface area (Å²) in [6.07, 6.45) is 1.03. The van der Waals surface area contributed by atoms with Crippen LogP contribution in [-0.4, -0.2) is 40.0 Å². The summed E-state index contributed by atoms with van der Waals surface area (Å²) in [7, 11) is 1.72. The van der Waals surface area contributed by atoms with Crippen LogP contribution >= 0.6 is 15.9 Å². The molecule has 1 aromatic carbocycles. The number of hydrogen-bond donors (Lipinski definition) is 1. The van der Waals surface area contributed by atoms with Gasteiger partial charge in [0.05, 0.1) is 6.61 Å². The van der Waals surface area contributed by atoms with Crippen LogP contribution in [0.1, 0.15) is 24.8 Å². The Morgan fingerprint density at radius 1 is 1.32 bits per heavy atom. The first-order chi connectivity index (χ1) is 9.27. The van der Waals surface area contributed by atoms with Gasteiger partial charge in [-0.05, 0) is 37.0 Å². The molecule has 0 aliphatic carbocycles. The third kappa shape index (κ3) is 7.06. The average molecular weight is 330 g/mol. The van der Waals surface area contributed by atoms with Gasteiger partial charge in [-0.3, -0.25) is 0 Å². The summed E-state index contributed by atoms with van der Waals surface area (Å²) in [6, 6.07) is 8.51. The molecule has 1 N–H and O–H groups in total. The highest BCUT2D eigenvalue weighted by Gasteiger charge is 2.11. The molecule has 0 saturated carbocycles. The van der Waals surface area contributed by atoms with Gasteiger partial charge in [-0.2, -0.15) is 0 Å². The molecule has 3 nitrogen and oxygen atoms in total. The normalized spacial score (nSPS) is 12.6. The van der Waals surface area contributed by atoms with Gasteiger partial charge in [-0.15, -0.1) is 0 Å². The Hall–Kier alpha value is -0.420. The Morgan fingerprint density at radius 2 is 2.16 bits per heavy atom. The third-order valence-electron chi connectivity index (χ3n) is 3.01. The van der Waals surface area contributed by atoms with Gasteiger partial charge in [0.1, 0.15) is 0 Å². The lowest BCUT2D eigenvalue weighted by Crippen LogP contribution is -2.26. The van der Waals surface area contributed by atoms with Crippen molar-refractivity contribution in [1.29, 1.82) is 0 Å². The number of ether oxygens (including phenoxy) is 2. The number of halogens is 1. The Balaban J connectivity index is 2.52. The Kier molecular flexibility index (Phi) is 9.08. The van der Waals surface area contributed by atoms with Gasteiger partial charge in [-0.1, -0.05) is 28.1 Å². The largest absolute Gasteiger partial charge is 0.383 e. The second-order valence-electron chi connectivity index (χ2n) is 4.43. The van der Waals surface area contributed by atoms with E-state index in [9.17, 15) is 0 Å². The summed E-state index contributed by atoms with van der Waals surface area (Å²) in [5, 5.41) is 3.44. The van der Waals surface area contributed by atoms with Crippen LogP contribution in [-0.2, 0) is 9.47 Å². The van der Waals surface area contributed by atoms with Crippen molar-refractivity contribution in [2.75, 3.05) is 40.0 Å². The lowest BCUT2D eigenvalue weighted by molar-refractivity contribution is 0.138. The van der Waals surface area contributed by atoms with E-state index in [0.29, 0.717) is 5.92 Å². The Bertz CT molecular complexity index is 347. The van der Waals surface area contributed by atoms with Crippen LogP contribution in [0.4, 0.5) is 0 Å². The zero-order valence-corrected chi connectivity index (χ0v) is 13.4. The monoisotopic (exact) mass is 329 g/mol. The van der Waals surface area contributed by atoms with Crippen molar-refractivity contribution in [2.45, 2.75) is 19.3 Å². The molecule has 0 aliphatic rings. The first kappa shape index (κ1) is 16.6. The van der Waals surface area contributed by atoms with Crippen molar-refractivity contribution < 1.29 is 9.47 Å². The third-order valence-corrected chi connectivity index (χ3v) is 3.50. The van der Waals surface area contributed by atoms with Gasteiger partial charge in [0, 0.05) is 37.9 Å². The average Bonchev–Trinajstić information content (AvgIpc) is 2.41. The van der Waals surface area contributed by atoms with Gasteiger partial charge in [0.15, 0.2) is 0 Å². The number of benzene rings is 1. The van der Waals surface area contributed by atoms with E-state index in [1.807, 2.05) is 6.92 Å². The number of methoxy groups -OCH3 is 1. The van der Waals surface area contributed by atoms with E-state index in [1.165, 1.54) is 5.56 Å². The molecular weight excluding hydrogens is 306 g/mol. The molecule has 1 aromatic rings. The highest BCUT2D eigenvalue weighted by Crippen LogP contribution is 2.22. The van der Waals surface area contributed by atoms with Crippen molar-refractivity contribution >= 4 is 15.9 Å². The predicted octanol–water partition coefficient (Wildman–Crippen LogP) is 3.20. The summed E-state index contributed by atoms with van der Waals surface area (Å²) in [4.78, 5) is 0. The molecule has 0 amide bonds. The van der Waals surface area contributed by atoms with E-state index in [4.69, 9.17) is 9.47 Å². The fourth-order valence-corrected chi connectivity index (χ4v) is 2.38. The molecule has 4 heteroatoms. The summed E-state index contributed by atoms with van der Waals surface area (Å²) in [6.45, 7) is 6.20. The summed E-state index contributed by atoms with van der Waals surface area (Å²) < 4.78 is 11.7. The van der Waals surface area contributed by atoms with Crippen molar-refractivity contribution in [2.24, 2.45) is 0 Å². The molecule has 0 saturated heterocycles. The van der Waals surface area contributed by atoms with Crippen LogP contribution in [0.5, 0.6) is 0 Å². The van der Waals surface area contributed by atoms with Crippen molar-refractivity contribution in [3.8, 4) is 0 Å². The Labute approximate surface area is 124 Å². The molecule has 1 atom stereocenters. The zero-order chi connectivity index (χ0) is 13.9. The molecule has 0 aromatic heterocycles. The first-order valence-electron chi connectivity index (χ1n) is 6.80. The molecule has 0 bridgehead atoms. The van der Waals surface area contributed by atoms with Gasteiger partial charge >= 0.3 is 0 Å². The molecule has 108 valence electrons. The maximum absolute atomic E-state index is 5.48. The zero-order valence-electron chi connectivity index (χ0n) is 11.8.